The summed E-state index contributed by atoms with van der Waals surface area (Å²) in [6, 6.07) is 16.0. The fourth-order valence-electron chi connectivity index (χ4n) is 2.40. The molecule has 2 aromatic carbocycles. The molecule has 4 heteroatoms. The predicted octanol–water partition coefficient (Wildman–Crippen LogP) is 5.61. The Morgan fingerprint density at radius 1 is 1.00 bits per heavy atom. The number of H-pyrrole nitrogens is 1. The number of nitrogens with zero attached hydrogens (tertiary/aromatic N) is 1. The van der Waals surface area contributed by atoms with E-state index in [1.165, 1.54) is 5.39 Å². The van der Waals surface area contributed by atoms with E-state index >= 15 is 0 Å². The molecule has 2 nitrogen and oxygen atoms in total. The lowest BCUT2D eigenvalue weighted by Gasteiger charge is -1.96. The van der Waals surface area contributed by atoms with Crippen molar-refractivity contribution in [2.45, 2.75) is 0 Å². The average Bonchev–Trinajstić information content (AvgIpc) is 3.14. The van der Waals surface area contributed by atoms with Crippen molar-refractivity contribution in [1.29, 1.82) is 0 Å². The summed E-state index contributed by atoms with van der Waals surface area (Å²) in [5.41, 5.74) is 4.35. The molecule has 0 unspecified atom stereocenters. The van der Waals surface area contributed by atoms with Crippen LogP contribution in [-0.2, 0) is 0 Å². The van der Waals surface area contributed by atoms with Crippen molar-refractivity contribution in [2.75, 3.05) is 0 Å². The molecule has 2 aromatic heterocycles. The van der Waals surface area contributed by atoms with Crippen molar-refractivity contribution in [1.82, 2.24) is 9.97 Å². The van der Waals surface area contributed by atoms with E-state index in [9.17, 15) is 0 Å². The third kappa shape index (κ3) is 2.24. The number of aromatic nitrogens is 2. The monoisotopic (exact) mass is 310 g/mol. The van der Waals surface area contributed by atoms with Gasteiger partial charge < -0.3 is 4.98 Å². The van der Waals surface area contributed by atoms with Crippen LogP contribution < -0.4 is 0 Å². The topological polar surface area (TPSA) is 28.7 Å². The summed E-state index contributed by atoms with van der Waals surface area (Å²) < 4.78 is 0. The van der Waals surface area contributed by atoms with Crippen molar-refractivity contribution in [3.63, 3.8) is 0 Å². The molecule has 0 aliphatic carbocycles. The molecular weight excluding hydrogens is 300 g/mol. The molecule has 2 heterocycles. The van der Waals surface area contributed by atoms with Gasteiger partial charge in [0.15, 0.2) is 0 Å². The van der Waals surface area contributed by atoms with E-state index in [0.717, 1.165) is 32.4 Å². The van der Waals surface area contributed by atoms with Gasteiger partial charge in [-0.3, -0.25) is 0 Å². The van der Waals surface area contributed by atoms with E-state index in [4.69, 9.17) is 16.6 Å². The van der Waals surface area contributed by atoms with Crippen molar-refractivity contribution in [3.8, 4) is 21.8 Å². The smallest absolute Gasteiger partial charge is 0.126 e. The van der Waals surface area contributed by atoms with Gasteiger partial charge in [0.25, 0.3) is 0 Å². The maximum absolute atomic E-state index is 5.93. The lowest BCUT2D eigenvalue weighted by atomic mass is 10.1. The van der Waals surface area contributed by atoms with Crippen molar-refractivity contribution < 1.29 is 0 Å². The first-order valence-corrected chi connectivity index (χ1v) is 7.85. The predicted molar refractivity (Wildman–Crippen MR) is 89.9 cm³/mol. The molecule has 0 bridgehead atoms. The van der Waals surface area contributed by atoms with E-state index in [0.29, 0.717) is 0 Å². The Morgan fingerprint density at radius 2 is 1.81 bits per heavy atom. The summed E-state index contributed by atoms with van der Waals surface area (Å²) in [6.45, 7) is 0. The minimum absolute atomic E-state index is 0.742. The molecule has 0 saturated heterocycles. The molecule has 4 rings (SSSR count). The Labute approximate surface area is 131 Å². The number of para-hydroxylation sites is 1. The number of nitrogens with one attached hydrogen (secondary N) is 1. The van der Waals surface area contributed by atoms with Crippen LogP contribution >= 0.6 is 22.9 Å². The Morgan fingerprint density at radius 3 is 2.67 bits per heavy atom. The van der Waals surface area contributed by atoms with Gasteiger partial charge in [0, 0.05) is 38.6 Å². The van der Waals surface area contributed by atoms with Gasteiger partial charge in [-0.1, -0.05) is 41.9 Å². The molecule has 4 aromatic rings. The van der Waals surface area contributed by atoms with Gasteiger partial charge in [-0.05, 0) is 18.2 Å². The van der Waals surface area contributed by atoms with Crippen LogP contribution in [0, 0.1) is 0 Å². The van der Waals surface area contributed by atoms with Gasteiger partial charge in [-0.25, -0.2) is 4.98 Å². The second-order valence-corrected chi connectivity index (χ2v) is 6.09. The quantitative estimate of drug-likeness (QED) is 0.512. The fourth-order valence-corrected chi connectivity index (χ4v) is 3.38. The lowest BCUT2D eigenvalue weighted by molar-refractivity contribution is 1.40. The Hall–Kier alpha value is -2.10. The number of hydrogen-bond donors (Lipinski definition) is 1. The summed E-state index contributed by atoms with van der Waals surface area (Å²) >= 11 is 7.59. The maximum Gasteiger partial charge on any atom is 0.126 e. The summed E-state index contributed by atoms with van der Waals surface area (Å²) in [4.78, 5) is 8.05. The first-order chi connectivity index (χ1) is 10.3. The molecule has 1 N–H and O–H groups in total. The largest absolute Gasteiger partial charge is 0.360 e. The lowest BCUT2D eigenvalue weighted by Crippen LogP contribution is -1.78. The minimum Gasteiger partial charge on any atom is -0.360 e. The highest BCUT2D eigenvalue weighted by Gasteiger charge is 2.10. The zero-order valence-corrected chi connectivity index (χ0v) is 12.6. The minimum atomic E-state index is 0.742. The number of benzene rings is 2. The van der Waals surface area contributed by atoms with E-state index in [1.807, 2.05) is 42.6 Å². The van der Waals surface area contributed by atoms with Crippen LogP contribution in [0.4, 0.5) is 0 Å². The highest BCUT2D eigenvalue weighted by molar-refractivity contribution is 7.13. The van der Waals surface area contributed by atoms with Crippen LogP contribution in [0.3, 0.4) is 0 Å². The van der Waals surface area contributed by atoms with Crippen LogP contribution in [0.5, 0.6) is 0 Å². The molecule has 102 valence electrons. The second-order valence-electron chi connectivity index (χ2n) is 4.79. The van der Waals surface area contributed by atoms with Crippen molar-refractivity contribution >= 4 is 33.8 Å². The zero-order chi connectivity index (χ0) is 14.2. The number of thiazole rings is 1. The molecule has 0 saturated carbocycles. The summed E-state index contributed by atoms with van der Waals surface area (Å²) in [5.74, 6) is 0. The highest BCUT2D eigenvalue weighted by atomic mass is 35.5. The second kappa shape index (κ2) is 5.02. The first kappa shape index (κ1) is 12.6. The number of fused-ring (bicyclic) bond motifs is 1. The molecule has 0 atom stereocenters. The van der Waals surface area contributed by atoms with Crippen molar-refractivity contribution in [3.05, 3.63) is 65.1 Å². The summed E-state index contributed by atoms with van der Waals surface area (Å²) in [5, 5.41) is 5.05. The SMILES string of the molecule is Clc1ccc(-c2csc(-c3c[nH]c4ccccc34)n2)cc1. The van der Waals surface area contributed by atoms with Gasteiger partial charge in [0.2, 0.25) is 0 Å². The van der Waals surface area contributed by atoms with Crippen LogP contribution in [0.2, 0.25) is 5.02 Å². The molecule has 0 amide bonds. The van der Waals surface area contributed by atoms with E-state index in [-0.39, 0.29) is 0 Å². The molecule has 0 fully saturated rings. The van der Waals surface area contributed by atoms with Gasteiger partial charge in [0.05, 0.1) is 5.69 Å². The fraction of sp³-hybridized carbons (Fsp3) is 0. The molecule has 0 aliphatic heterocycles. The Kier molecular flexibility index (Phi) is 3.02. The summed E-state index contributed by atoms with van der Waals surface area (Å²) in [7, 11) is 0. The number of hydrogen-bond acceptors (Lipinski definition) is 2. The molecule has 0 aliphatic rings. The normalized spacial score (nSPS) is 11.1. The number of aromatic amines is 1. The van der Waals surface area contributed by atoms with Gasteiger partial charge in [-0.2, -0.15) is 0 Å². The maximum atomic E-state index is 5.93. The Balaban J connectivity index is 1.79. The van der Waals surface area contributed by atoms with E-state index in [2.05, 4.69) is 22.5 Å². The third-order valence-electron chi connectivity index (χ3n) is 3.46. The molecular formula is C17H11ClN2S. The number of halogens is 1. The van der Waals surface area contributed by atoms with E-state index in [1.54, 1.807) is 11.3 Å². The van der Waals surface area contributed by atoms with Gasteiger partial charge >= 0.3 is 0 Å². The molecule has 21 heavy (non-hydrogen) atoms. The van der Waals surface area contributed by atoms with Crippen LogP contribution in [0.25, 0.3) is 32.7 Å². The standard InChI is InChI=1S/C17H11ClN2S/c18-12-7-5-11(6-8-12)16-10-21-17(20-16)14-9-19-15-4-2-1-3-13(14)15/h1-10,19H. The average molecular weight is 311 g/mol. The van der Waals surface area contributed by atoms with Crippen LogP contribution in [0.1, 0.15) is 0 Å². The van der Waals surface area contributed by atoms with Crippen LogP contribution in [-0.4, -0.2) is 9.97 Å². The van der Waals surface area contributed by atoms with E-state index < -0.39 is 0 Å². The van der Waals surface area contributed by atoms with Gasteiger partial charge in [0.1, 0.15) is 5.01 Å². The van der Waals surface area contributed by atoms with Crippen LogP contribution in [0.15, 0.2) is 60.1 Å². The van der Waals surface area contributed by atoms with Gasteiger partial charge in [-0.15, -0.1) is 11.3 Å². The third-order valence-corrected chi connectivity index (χ3v) is 4.59. The Bertz CT molecular complexity index is 906. The first-order valence-electron chi connectivity index (χ1n) is 6.59. The molecule has 0 radical (unpaired) electrons. The van der Waals surface area contributed by atoms with Crippen molar-refractivity contribution in [2.24, 2.45) is 0 Å². The highest BCUT2D eigenvalue weighted by Crippen LogP contribution is 2.33. The molecule has 0 spiro atoms. The zero-order valence-electron chi connectivity index (χ0n) is 11.0. The summed E-state index contributed by atoms with van der Waals surface area (Å²) in [6.07, 6.45) is 2.02. The number of rotatable bonds is 2.